The standard InChI is InChI=1S/C26H34N2O2.C16H22N2O.C2HF3O2/c1-2-20-30-24-11-7-6-10-23(24)21-27-16-12-26(13-17-27)14-18-28(19-15-26)25(29)22-8-4-3-5-9-22;19-15(14-4-2-1-3-5-14)18-12-8-16(9-13-18)6-10-17-11-7-16;3-2(4,5)1(6)7/h3-11H,2,12-21H2,1H3;1-5,17H,6-13H2;(H,6,7). The molecule has 0 unspecified atom stereocenters. The van der Waals surface area contributed by atoms with Crippen molar-refractivity contribution in [2.45, 2.75) is 77.4 Å². The van der Waals surface area contributed by atoms with E-state index in [9.17, 15) is 22.8 Å². The third-order valence-corrected chi connectivity index (χ3v) is 11.9. The quantitative estimate of drug-likeness (QED) is 0.251. The zero-order valence-corrected chi connectivity index (χ0v) is 32.6. The summed E-state index contributed by atoms with van der Waals surface area (Å²) in [6, 6.07) is 27.8. The van der Waals surface area contributed by atoms with E-state index >= 15 is 0 Å². The molecule has 0 saturated carbocycles. The van der Waals surface area contributed by atoms with Crippen molar-refractivity contribution in [2.24, 2.45) is 10.8 Å². The summed E-state index contributed by atoms with van der Waals surface area (Å²) in [6.07, 6.45) is 5.59. The average molecular weight is 779 g/mol. The van der Waals surface area contributed by atoms with Crippen LogP contribution in [0.4, 0.5) is 13.2 Å². The van der Waals surface area contributed by atoms with Gasteiger partial charge in [0.25, 0.3) is 11.8 Å². The van der Waals surface area contributed by atoms with E-state index in [0.717, 1.165) is 102 Å². The summed E-state index contributed by atoms with van der Waals surface area (Å²) in [5, 5.41) is 10.6. The number of aliphatic carboxylic acids is 1. The van der Waals surface area contributed by atoms with Gasteiger partial charge >= 0.3 is 12.1 Å². The molecule has 0 aromatic heterocycles. The number of hydrogen-bond donors (Lipinski definition) is 2. The van der Waals surface area contributed by atoms with Gasteiger partial charge in [-0.3, -0.25) is 14.5 Å². The lowest BCUT2D eigenvalue weighted by atomic mass is 9.71. The van der Waals surface area contributed by atoms with Gasteiger partial charge < -0.3 is 25.0 Å². The SMILES string of the molecule is CCCOc1ccccc1CN1CCC2(CC1)CCN(C(=O)c1ccccc1)CC2.O=C(O)C(F)(F)F.O=C(c1ccccc1)N1CCC2(CCNCC2)CC1. The van der Waals surface area contributed by atoms with Gasteiger partial charge in [0.05, 0.1) is 6.61 Å². The summed E-state index contributed by atoms with van der Waals surface area (Å²) in [5.41, 5.74) is 3.86. The van der Waals surface area contributed by atoms with Gasteiger partial charge in [-0.15, -0.1) is 0 Å². The second-order valence-corrected chi connectivity index (χ2v) is 15.6. The van der Waals surface area contributed by atoms with E-state index < -0.39 is 12.1 Å². The number of piperidine rings is 4. The third-order valence-electron chi connectivity index (χ3n) is 11.9. The largest absolute Gasteiger partial charge is 0.493 e. The molecule has 2 N–H and O–H groups in total. The predicted molar refractivity (Wildman–Crippen MR) is 211 cm³/mol. The fraction of sp³-hybridized carbons (Fsp3) is 0.523. The lowest BCUT2D eigenvalue weighted by Gasteiger charge is -2.47. The zero-order valence-electron chi connectivity index (χ0n) is 32.6. The number of benzene rings is 3. The van der Waals surface area contributed by atoms with E-state index in [1.54, 1.807) is 0 Å². The van der Waals surface area contributed by atoms with Crippen molar-refractivity contribution in [3.05, 3.63) is 102 Å². The van der Waals surface area contributed by atoms with Crippen LogP contribution in [0.25, 0.3) is 0 Å². The molecule has 56 heavy (non-hydrogen) atoms. The smallest absolute Gasteiger partial charge is 0.490 e. The molecule has 4 fully saturated rings. The first-order valence-electron chi connectivity index (χ1n) is 20.1. The number of carbonyl (C=O) groups excluding carboxylic acids is 2. The first kappa shape index (κ1) is 42.7. The van der Waals surface area contributed by atoms with Gasteiger partial charge in [0.2, 0.25) is 0 Å². The molecule has 4 saturated heterocycles. The molecule has 3 aromatic carbocycles. The second kappa shape index (κ2) is 20.1. The second-order valence-electron chi connectivity index (χ2n) is 15.6. The van der Waals surface area contributed by atoms with E-state index in [0.29, 0.717) is 10.8 Å². The Hall–Kier alpha value is -4.42. The summed E-state index contributed by atoms with van der Waals surface area (Å²) >= 11 is 0. The van der Waals surface area contributed by atoms with Crippen molar-refractivity contribution in [3.63, 3.8) is 0 Å². The minimum atomic E-state index is -5.08. The number of rotatable bonds is 7. The van der Waals surface area contributed by atoms with Gasteiger partial charge in [-0.2, -0.15) is 13.2 Å². The molecule has 0 radical (unpaired) electrons. The van der Waals surface area contributed by atoms with Crippen LogP contribution in [0, 0.1) is 10.8 Å². The van der Waals surface area contributed by atoms with Crippen molar-refractivity contribution in [1.82, 2.24) is 20.0 Å². The lowest BCUT2D eigenvalue weighted by Crippen LogP contribution is -2.48. The average Bonchev–Trinajstić information content (AvgIpc) is 3.22. The summed E-state index contributed by atoms with van der Waals surface area (Å²) in [5.74, 6) is -1.34. The highest BCUT2D eigenvalue weighted by molar-refractivity contribution is 5.94. The zero-order chi connectivity index (χ0) is 40.0. The Labute approximate surface area is 329 Å². The fourth-order valence-electron chi connectivity index (χ4n) is 8.27. The maximum Gasteiger partial charge on any atom is 0.490 e. The van der Waals surface area contributed by atoms with E-state index in [1.807, 2.05) is 70.5 Å². The number of carboxylic acids is 1. The Balaban J connectivity index is 0.000000196. The van der Waals surface area contributed by atoms with Crippen molar-refractivity contribution in [3.8, 4) is 5.75 Å². The van der Waals surface area contributed by atoms with Gasteiger partial charge in [0, 0.05) is 49.4 Å². The predicted octanol–water partition coefficient (Wildman–Crippen LogP) is 7.92. The highest BCUT2D eigenvalue weighted by Crippen LogP contribution is 2.42. The van der Waals surface area contributed by atoms with Crippen LogP contribution < -0.4 is 10.1 Å². The molecule has 7 rings (SSSR count). The highest BCUT2D eigenvalue weighted by atomic mass is 19.4. The Morgan fingerprint density at radius 3 is 1.52 bits per heavy atom. The first-order chi connectivity index (χ1) is 26.9. The molecule has 4 heterocycles. The molecule has 12 heteroatoms. The summed E-state index contributed by atoms with van der Waals surface area (Å²) in [4.78, 5) is 40.7. The number of amides is 2. The number of hydrogen-bond acceptors (Lipinski definition) is 6. The highest BCUT2D eigenvalue weighted by Gasteiger charge is 2.40. The normalized spacial score (nSPS) is 19.2. The monoisotopic (exact) mass is 778 g/mol. The molecule has 9 nitrogen and oxygen atoms in total. The molecular weight excluding hydrogens is 722 g/mol. The lowest BCUT2D eigenvalue weighted by molar-refractivity contribution is -0.192. The number of likely N-dealkylation sites (tertiary alicyclic amines) is 3. The van der Waals surface area contributed by atoms with E-state index in [2.05, 4.69) is 41.4 Å². The fourth-order valence-corrected chi connectivity index (χ4v) is 8.27. The molecular formula is C44H57F3N4O5. The van der Waals surface area contributed by atoms with Crippen LogP contribution in [0.3, 0.4) is 0 Å². The van der Waals surface area contributed by atoms with Gasteiger partial charge in [-0.1, -0.05) is 61.5 Å². The van der Waals surface area contributed by atoms with Crippen molar-refractivity contribution < 1.29 is 37.4 Å². The number of para-hydroxylation sites is 1. The summed E-state index contributed by atoms with van der Waals surface area (Å²) < 4.78 is 37.7. The van der Waals surface area contributed by atoms with Crippen molar-refractivity contribution >= 4 is 17.8 Å². The maximum atomic E-state index is 12.7. The number of carbonyl (C=O) groups is 3. The van der Waals surface area contributed by atoms with Gasteiger partial charge in [-0.25, -0.2) is 4.79 Å². The molecule has 0 aliphatic carbocycles. The van der Waals surface area contributed by atoms with Crippen molar-refractivity contribution in [1.29, 1.82) is 0 Å². The van der Waals surface area contributed by atoms with Gasteiger partial charge in [0.1, 0.15) is 5.75 Å². The Bertz CT molecular complexity index is 1670. The number of nitrogens with one attached hydrogen (secondary N) is 1. The first-order valence-corrected chi connectivity index (χ1v) is 20.1. The number of carboxylic acid groups (broad SMARTS) is 1. The van der Waals surface area contributed by atoms with Crippen LogP contribution in [0.1, 0.15) is 91.0 Å². The number of alkyl halides is 3. The number of nitrogens with zero attached hydrogens (tertiary/aromatic N) is 3. The number of ether oxygens (including phenoxy) is 1. The molecule has 4 aliphatic heterocycles. The van der Waals surface area contributed by atoms with Crippen LogP contribution in [-0.2, 0) is 11.3 Å². The molecule has 4 aliphatic rings. The van der Waals surface area contributed by atoms with Crippen LogP contribution in [0.5, 0.6) is 5.75 Å². The van der Waals surface area contributed by atoms with Gasteiger partial charge in [-0.05, 0) is 125 Å². The number of halogens is 3. The van der Waals surface area contributed by atoms with Crippen LogP contribution in [0.15, 0.2) is 84.9 Å². The molecule has 304 valence electrons. The summed E-state index contributed by atoms with van der Waals surface area (Å²) in [6.45, 7) is 12.1. The van der Waals surface area contributed by atoms with Crippen LogP contribution in [0.2, 0.25) is 0 Å². The maximum absolute atomic E-state index is 12.7. The topological polar surface area (TPSA) is 102 Å². The molecule has 2 spiro atoms. The summed E-state index contributed by atoms with van der Waals surface area (Å²) in [7, 11) is 0. The van der Waals surface area contributed by atoms with Crippen LogP contribution >= 0.6 is 0 Å². The Kier molecular flexibility index (Phi) is 15.4. The van der Waals surface area contributed by atoms with E-state index in [1.165, 1.54) is 44.1 Å². The van der Waals surface area contributed by atoms with E-state index in [4.69, 9.17) is 14.6 Å². The third kappa shape index (κ3) is 12.0. The molecule has 0 bridgehead atoms. The minimum Gasteiger partial charge on any atom is -0.493 e. The Morgan fingerprint density at radius 2 is 1.07 bits per heavy atom. The molecule has 0 atom stereocenters. The molecule has 2 amide bonds. The molecule has 3 aromatic rings. The minimum absolute atomic E-state index is 0.187. The van der Waals surface area contributed by atoms with Gasteiger partial charge in [0.15, 0.2) is 0 Å². The van der Waals surface area contributed by atoms with Crippen molar-refractivity contribution in [2.75, 3.05) is 59.0 Å². The van der Waals surface area contributed by atoms with Crippen LogP contribution in [-0.4, -0.2) is 103 Å². The Morgan fingerprint density at radius 1 is 0.661 bits per heavy atom. The van der Waals surface area contributed by atoms with E-state index in [-0.39, 0.29) is 11.8 Å².